The fourth-order valence-electron chi connectivity index (χ4n) is 7.20. The lowest BCUT2D eigenvalue weighted by Gasteiger charge is -2.11. The van der Waals surface area contributed by atoms with E-state index in [0.29, 0.717) is 0 Å². The first-order valence-corrected chi connectivity index (χ1v) is 16.8. The van der Waals surface area contributed by atoms with Gasteiger partial charge in [-0.25, -0.2) is 9.97 Å². The average Bonchev–Trinajstić information content (AvgIpc) is 3.19. The highest BCUT2D eigenvalue weighted by Gasteiger charge is 2.12. The summed E-state index contributed by atoms with van der Waals surface area (Å²) in [5.41, 5.74) is 12.5. The highest BCUT2D eigenvalue weighted by Crippen LogP contribution is 2.35. The van der Waals surface area contributed by atoms with Crippen molar-refractivity contribution >= 4 is 54.4 Å². The van der Waals surface area contributed by atoms with Gasteiger partial charge in [-0.1, -0.05) is 109 Å². The molecule has 0 atom stereocenters. The Morgan fingerprint density at radius 3 is 1.92 bits per heavy atom. The van der Waals surface area contributed by atoms with Gasteiger partial charge >= 0.3 is 0 Å². The van der Waals surface area contributed by atoms with Crippen molar-refractivity contribution in [1.82, 2.24) is 19.9 Å². The zero-order valence-electron chi connectivity index (χ0n) is 27.0. The van der Waals surface area contributed by atoms with E-state index in [0.717, 1.165) is 88.4 Å². The number of aromatic nitrogens is 4. The standard InChI is InChI=1S/C46H28N4/c1-2-9-37-29(6-1)7-3-10-38(37)43-23-20-35-26-33(19-22-42(35)49-43)34-17-16-32-18-21-41(50-44(32)28-34)31-14-12-30(13-15-31)40-27-36-8-4-24-47-45(36)46-39(40)11-5-25-48-46/h1-28H. The third kappa shape index (κ3) is 4.77. The molecule has 0 saturated heterocycles. The Kier molecular flexibility index (Phi) is 6.46. The van der Waals surface area contributed by atoms with E-state index < -0.39 is 0 Å². The lowest BCUT2D eigenvalue weighted by molar-refractivity contribution is 1.37. The predicted molar refractivity (Wildman–Crippen MR) is 207 cm³/mol. The number of nitrogens with zero attached hydrogens (tertiary/aromatic N) is 4. The highest BCUT2D eigenvalue weighted by molar-refractivity contribution is 6.10. The van der Waals surface area contributed by atoms with E-state index in [1.807, 2.05) is 24.5 Å². The van der Waals surface area contributed by atoms with Crippen molar-refractivity contribution in [2.75, 3.05) is 0 Å². The number of benzene rings is 6. The molecule has 6 aromatic carbocycles. The number of rotatable bonds is 4. The molecule has 0 fully saturated rings. The molecular weight excluding hydrogens is 609 g/mol. The first kappa shape index (κ1) is 28.3. The summed E-state index contributed by atoms with van der Waals surface area (Å²) >= 11 is 0. The van der Waals surface area contributed by atoms with Crippen LogP contribution in [0, 0.1) is 0 Å². The van der Waals surface area contributed by atoms with E-state index in [1.54, 1.807) is 0 Å². The van der Waals surface area contributed by atoms with Crippen molar-refractivity contribution in [3.05, 3.63) is 170 Å². The molecule has 0 aliphatic rings. The molecular formula is C46H28N4. The molecule has 0 aliphatic heterocycles. The van der Waals surface area contributed by atoms with Crippen LogP contribution in [0.15, 0.2) is 170 Å². The number of hydrogen-bond acceptors (Lipinski definition) is 4. The van der Waals surface area contributed by atoms with Gasteiger partial charge in [-0.3, -0.25) is 9.97 Å². The molecule has 10 rings (SSSR count). The van der Waals surface area contributed by atoms with Gasteiger partial charge in [0.05, 0.1) is 33.5 Å². The minimum atomic E-state index is 0.921. The zero-order valence-corrected chi connectivity index (χ0v) is 27.0. The molecule has 50 heavy (non-hydrogen) atoms. The summed E-state index contributed by atoms with van der Waals surface area (Å²) in [6.45, 7) is 0. The number of hydrogen-bond donors (Lipinski definition) is 0. The number of fused-ring (bicyclic) bond motifs is 6. The molecule has 4 heteroatoms. The third-order valence-corrected chi connectivity index (χ3v) is 9.73. The van der Waals surface area contributed by atoms with Crippen molar-refractivity contribution in [2.24, 2.45) is 0 Å². The number of pyridine rings is 4. The van der Waals surface area contributed by atoms with E-state index in [1.165, 1.54) is 10.8 Å². The maximum absolute atomic E-state index is 5.13. The van der Waals surface area contributed by atoms with Crippen molar-refractivity contribution in [3.8, 4) is 44.8 Å². The van der Waals surface area contributed by atoms with Gasteiger partial charge in [0.25, 0.3) is 0 Å². The topological polar surface area (TPSA) is 51.6 Å². The molecule has 0 saturated carbocycles. The lowest BCUT2D eigenvalue weighted by atomic mass is 9.96. The molecule has 0 bridgehead atoms. The summed E-state index contributed by atoms with van der Waals surface area (Å²) in [6.07, 6.45) is 3.66. The second-order valence-corrected chi connectivity index (χ2v) is 12.7. The van der Waals surface area contributed by atoms with E-state index >= 15 is 0 Å². The minimum Gasteiger partial charge on any atom is -0.254 e. The van der Waals surface area contributed by atoms with Gasteiger partial charge in [-0.15, -0.1) is 0 Å². The molecule has 0 N–H and O–H groups in total. The molecule has 4 nitrogen and oxygen atoms in total. The Morgan fingerprint density at radius 2 is 0.980 bits per heavy atom. The highest BCUT2D eigenvalue weighted by atomic mass is 14.7. The van der Waals surface area contributed by atoms with Crippen LogP contribution in [-0.2, 0) is 0 Å². The van der Waals surface area contributed by atoms with E-state index in [2.05, 4.69) is 156 Å². The predicted octanol–water partition coefficient (Wildman–Crippen LogP) is 11.7. The summed E-state index contributed by atoms with van der Waals surface area (Å²) < 4.78 is 0. The van der Waals surface area contributed by atoms with Gasteiger partial charge in [-0.05, 0) is 81.6 Å². The molecule has 232 valence electrons. The Labute approximate surface area is 288 Å². The summed E-state index contributed by atoms with van der Waals surface area (Å²) in [5.74, 6) is 0. The quantitative estimate of drug-likeness (QED) is 0.180. The van der Waals surface area contributed by atoms with Gasteiger partial charge in [-0.2, -0.15) is 0 Å². The smallest absolute Gasteiger partial charge is 0.0970 e. The van der Waals surface area contributed by atoms with E-state index in [-0.39, 0.29) is 0 Å². The second-order valence-electron chi connectivity index (χ2n) is 12.7. The van der Waals surface area contributed by atoms with E-state index in [9.17, 15) is 0 Å². The molecule has 0 aliphatic carbocycles. The monoisotopic (exact) mass is 636 g/mol. The van der Waals surface area contributed by atoms with Gasteiger partial charge in [0.1, 0.15) is 0 Å². The summed E-state index contributed by atoms with van der Waals surface area (Å²) in [7, 11) is 0. The first-order valence-electron chi connectivity index (χ1n) is 16.8. The van der Waals surface area contributed by atoms with Crippen molar-refractivity contribution in [1.29, 1.82) is 0 Å². The van der Waals surface area contributed by atoms with E-state index in [4.69, 9.17) is 9.97 Å². The van der Waals surface area contributed by atoms with Crippen LogP contribution in [-0.4, -0.2) is 19.9 Å². The first-order chi connectivity index (χ1) is 24.7. The van der Waals surface area contributed by atoms with Crippen LogP contribution in [0.2, 0.25) is 0 Å². The van der Waals surface area contributed by atoms with Gasteiger partial charge in [0, 0.05) is 45.1 Å². The molecule has 4 heterocycles. The van der Waals surface area contributed by atoms with Crippen LogP contribution in [0.3, 0.4) is 0 Å². The van der Waals surface area contributed by atoms with Crippen LogP contribution in [0.5, 0.6) is 0 Å². The Morgan fingerprint density at radius 1 is 0.320 bits per heavy atom. The summed E-state index contributed by atoms with van der Waals surface area (Å²) in [4.78, 5) is 19.5. The van der Waals surface area contributed by atoms with Crippen LogP contribution < -0.4 is 0 Å². The fourth-order valence-corrected chi connectivity index (χ4v) is 7.20. The largest absolute Gasteiger partial charge is 0.254 e. The second kappa shape index (κ2) is 11.4. The normalized spacial score (nSPS) is 11.6. The van der Waals surface area contributed by atoms with Gasteiger partial charge < -0.3 is 0 Å². The maximum atomic E-state index is 5.13. The molecule has 4 aromatic heterocycles. The molecule has 0 amide bonds. The molecule has 0 unspecified atom stereocenters. The molecule has 10 aromatic rings. The van der Waals surface area contributed by atoms with Crippen LogP contribution in [0.4, 0.5) is 0 Å². The lowest BCUT2D eigenvalue weighted by Crippen LogP contribution is -1.90. The van der Waals surface area contributed by atoms with Crippen LogP contribution in [0.1, 0.15) is 0 Å². The Balaban J connectivity index is 0.975. The van der Waals surface area contributed by atoms with Crippen LogP contribution >= 0.6 is 0 Å². The SMILES string of the molecule is c1ccc2c(-c3ccc4cc(-c5ccc6ccc(-c7ccc(-c8cc9cccnc9c9ncccc89)cc7)nc6c5)ccc4n3)cccc2c1. The maximum Gasteiger partial charge on any atom is 0.0970 e. The fraction of sp³-hybridized carbons (Fsp3) is 0. The van der Waals surface area contributed by atoms with Gasteiger partial charge in [0.2, 0.25) is 0 Å². The van der Waals surface area contributed by atoms with Crippen LogP contribution in [0.25, 0.3) is 99.2 Å². The molecule has 0 radical (unpaired) electrons. The average molecular weight is 637 g/mol. The summed E-state index contributed by atoms with van der Waals surface area (Å²) in [5, 5.41) is 6.83. The zero-order chi connectivity index (χ0) is 33.0. The Hall–Kier alpha value is -6.78. The minimum absolute atomic E-state index is 0.921. The van der Waals surface area contributed by atoms with Crippen molar-refractivity contribution < 1.29 is 0 Å². The molecule has 0 spiro atoms. The van der Waals surface area contributed by atoms with Crippen molar-refractivity contribution in [2.45, 2.75) is 0 Å². The Bertz CT molecular complexity index is 2920. The van der Waals surface area contributed by atoms with Crippen molar-refractivity contribution in [3.63, 3.8) is 0 Å². The van der Waals surface area contributed by atoms with Gasteiger partial charge in [0.15, 0.2) is 0 Å². The third-order valence-electron chi connectivity index (χ3n) is 9.73. The summed E-state index contributed by atoms with van der Waals surface area (Å²) in [6, 6.07) is 55.5.